The molecule has 2 fully saturated rings. The smallest absolute Gasteiger partial charge is 0.158 e. The van der Waals surface area contributed by atoms with Crippen LogP contribution in [0.4, 0.5) is 8.78 Å². The maximum Gasteiger partial charge on any atom is 0.158 e. The van der Waals surface area contributed by atoms with E-state index in [4.69, 9.17) is 14.2 Å². The van der Waals surface area contributed by atoms with Gasteiger partial charge in [-0.1, -0.05) is 6.07 Å². The van der Waals surface area contributed by atoms with Gasteiger partial charge in [-0.05, 0) is 32.3 Å². The lowest BCUT2D eigenvalue weighted by Gasteiger charge is -2.29. The molecule has 20 heavy (non-hydrogen) atoms. The molecular weight excluding hydrogens is 266 g/mol. The predicted octanol–water partition coefficient (Wildman–Crippen LogP) is 3.12. The second-order valence-electron chi connectivity index (χ2n) is 5.38. The lowest BCUT2D eigenvalue weighted by molar-refractivity contribution is -0.197. The summed E-state index contributed by atoms with van der Waals surface area (Å²) in [6.07, 6.45) is 2.35. The highest BCUT2D eigenvalue weighted by Crippen LogP contribution is 2.45. The first-order valence-electron chi connectivity index (χ1n) is 6.98. The van der Waals surface area contributed by atoms with Crippen molar-refractivity contribution in [1.29, 1.82) is 0 Å². The average molecular weight is 284 g/mol. The van der Waals surface area contributed by atoms with Crippen LogP contribution in [0.3, 0.4) is 0 Å². The molecule has 5 heteroatoms. The van der Waals surface area contributed by atoms with Gasteiger partial charge >= 0.3 is 0 Å². The monoisotopic (exact) mass is 284 g/mol. The number of rotatable bonds is 4. The number of epoxide rings is 1. The van der Waals surface area contributed by atoms with Crippen molar-refractivity contribution in [2.45, 2.75) is 44.2 Å². The van der Waals surface area contributed by atoms with Crippen molar-refractivity contribution < 1.29 is 23.0 Å². The zero-order chi connectivity index (χ0) is 14.2. The zero-order valence-electron chi connectivity index (χ0n) is 11.4. The number of halogens is 2. The van der Waals surface area contributed by atoms with Gasteiger partial charge in [0.05, 0.1) is 12.7 Å². The van der Waals surface area contributed by atoms with Crippen molar-refractivity contribution in [3.8, 4) is 0 Å². The van der Waals surface area contributed by atoms with E-state index in [2.05, 4.69) is 0 Å². The Hall–Kier alpha value is -1.04. The molecule has 0 amide bonds. The fraction of sp³-hybridized carbons (Fsp3) is 0.600. The molecule has 2 unspecified atom stereocenters. The minimum atomic E-state index is -0.807. The highest BCUT2D eigenvalue weighted by molar-refractivity contribution is 5.30. The van der Waals surface area contributed by atoms with Gasteiger partial charge in [0.1, 0.15) is 17.2 Å². The van der Waals surface area contributed by atoms with Gasteiger partial charge < -0.3 is 14.2 Å². The molecule has 3 nitrogen and oxygen atoms in total. The van der Waals surface area contributed by atoms with Gasteiger partial charge in [0.15, 0.2) is 6.29 Å². The quantitative estimate of drug-likeness (QED) is 0.796. The topological polar surface area (TPSA) is 31.0 Å². The van der Waals surface area contributed by atoms with E-state index in [1.54, 1.807) is 0 Å². The standard InChI is InChI=1S/C15H18F2O3/c1-10(20-14-4-2-3-7-18-14)15(9-19-15)12-6-5-11(16)8-13(12)17/h5-6,8,10,14H,2-4,7,9H2,1H3/t10-,14?,15?/m0/s1. The van der Waals surface area contributed by atoms with Crippen LogP contribution in [-0.2, 0) is 19.8 Å². The molecule has 110 valence electrons. The van der Waals surface area contributed by atoms with Crippen LogP contribution in [0.2, 0.25) is 0 Å². The summed E-state index contributed by atoms with van der Waals surface area (Å²) in [5, 5.41) is 0. The summed E-state index contributed by atoms with van der Waals surface area (Å²) < 4.78 is 43.8. The first kappa shape index (κ1) is 13.9. The summed E-state index contributed by atoms with van der Waals surface area (Å²) >= 11 is 0. The average Bonchev–Trinajstić information content (AvgIpc) is 3.21. The molecule has 0 radical (unpaired) electrons. The van der Waals surface area contributed by atoms with Gasteiger partial charge in [0.25, 0.3) is 0 Å². The molecule has 2 aliphatic heterocycles. The zero-order valence-corrected chi connectivity index (χ0v) is 11.4. The van der Waals surface area contributed by atoms with E-state index < -0.39 is 17.2 Å². The Kier molecular flexibility index (Phi) is 3.75. The van der Waals surface area contributed by atoms with Crippen molar-refractivity contribution in [3.63, 3.8) is 0 Å². The first-order valence-corrected chi connectivity index (χ1v) is 6.98. The Balaban J connectivity index is 1.74. The van der Waals surface area contributed by atoms with E-state index in [1.165, 1.54) is 12.1 Å². The molecule has 0 N–H and O–H groups in total. The van der Waals surface area contributed by atoms with Crippen LogP contribution in [0.1, 0.15) is 31.7 Å². The van der Waals surface area contributed by atoms with Crippen LogP contribution in [0.5, 0.6) is 0 Å². The molecule has 0 bridgehead atoms. The van der Waals surface area contributed by atoms with Crippen LogP contribution in [0, 0.1) is 11.6 Å². The summed E-state index contributed by atoms with van der Waals surface area (Å²) in [5.41, 5.74) is -0.458. The van der Waals surface area contributed by atoms with Gasteiger partial charge in [-0.15, -0.1) is 0 Å². The lowest BCUT2D eigenvalue weighted by atomic mass is 9.94. The molecule has 3 atom stereocenters. The summed E-state index contributed by atoms with van der Waals surface area (Å²) in [5.74, 6) is -1.19. The maximum atomic E-state index is 13.9. The molecule has 1 aromatic carbocycles. The summed E-state index contributed by atoms with van der Waals surface area (Å²) in [6, 6.07) is 3.55. The van der Waals surface area contributed by atoms with Crippen LogP contribution in [0.15, 0.2) is 18.2 Å². The Labute approximate surface area is 116 Å². The number of hydrogen-bond donors (Lipinski definition) is 0. The highest BCUT2D eigenvalue weighted by Gasteiger charge is 2.54. The van der Waals surface area contributed by atoms with Crippen LogP contribution < -0.4 is 0 Å². The Morgan fingerprint density at radius 1 is 1.35 bits per heavy atom. The third-order valence-electron chi connectivity index (χ3n) is 3.99. The van der Waals surface area contributed by atoms with Gasteiger partial charge in [0.2, 0.25) is 0 Å². The van der Waals surface area contributed by atoms with Crippen LogP contribution in [-0.4, -0.2) is 25.6 Å². The normalized spacial score (nSPS) is 31.1. The molecule has 3 rings (SSSR count). The molecule has 2 saturated heterocycles. The third-order valence-corrected chi connectivity index (χ3v) is 3.99. The lowest BCUT2D eigenvalue weighted by Crippen LogP contribution is -2.35. The summed E-state index contributed by atoms with van der Waals surface area (Å²) in [6.45, 7) is 2.91. The highest BCUT2D eigenvalue weighted by atomic mass is 19.1. The maximum absolute atomic E-state index is 13.9. The SMILES string of the molecule is C[C@H](OC1CCCCO1)C1(c2ccc(F)cc2F)CO1. The van der Waals surface area contributed by atoms with Gasteiger partial charge in [-0.25, -0.2) is 8.78 Å². The molecule has 0 aliphatic carbocycles. The second-order valence-corrected chi connectivity index (χ2v) is 5.38. The van der Waals surface area contributed by atoms with E-state index in [0.29, 0.717) is 18.8 Å². The molecule has 0 aromatic heterocycles. The van der Waals surface area contributed by atoms with Crippen molar-refractivity contribution in [2.24, 2.45) is 0 Å². The second kappa shape index (κ2) is 5.39. The van der Waals surface area contributed by atoms with E-state index in [0.717, 1.165) is 25.3 Å². The van der Waals surface area contributed by atoms with Crippen molar-refractivity contribution >= 4 is 0 Å². The first-order chi connectivity index (χ1) is 9.62. The van der Waals surface area contributed by atoms with Gasteiger partial charge in [-0.3, -0.25) is 0 Å². The molecule has 1 aromatic rings. The van der Waals surface area contributed by atoms with Crippen LogP contribution in [0.25, 0.3) is 0 Å². The third kappa shape index (κ3) is 2.57. The summed E-state index contributed by atoms with van der Waals surface area (Å²) in [7, 11) is 0. The number of benzene rings is 1. The Morgan fingerprint density at radius 2 is 2.15 bits per heavy atom. The Bertz CT molecular complexity index is 482. The van der Waals surface area contributed by atoms with E-state index >= 15 is 0 Å². The van der Waals surface area contributed by atoms with E-state index in [9.17, 15) is 8.78 Å². The van der Waals surface area contributed by atoms with Crippen molar-refractivity contribution in [2.75, 3.05) is 13.2 Å². The van der Waals surface area contributed by atoms with E-state index in [1.807, 2.05) is 6.92 Å². The molecule has 0 saturated carbocycles. The number of ether oxygens (including phenoxy) is 3. The molecule has 0 spiro atoms. The van der Waals surface area contributed by atoms with Crippen molar-refractivity contribution in [1.82, 2.24) is 0 Å². The fourth-order valence-corrected chi connectivity index (χ4v) is 2.68. The molecule has 2 heterocycles. The summed E-state index contributed by atoms with van der Waals surface area (Å²) in [4.78, 5) is 0. The van der Waals surface area contributed by atoms with Crippen LogP contribution >= 0.6 is 0 Å². The van der Waals surface area contributed by atoms with Crippen molar-refractivity contribution in [3.05, 3.63) is 35.4 Å². The predicted molar refractivity (Wildman–Crippen MR) is 68.1 cm³/mol. The fourth-order valence-electron chi connectivity index (χ4n) is 2.68. The minimum absolute atomic E-state index is 0.261. The van der Waals surface area contributed by atoms with Gasteiger partial charge in [0, 0.05) is 18.2 Å². The largest absolute Gasteiger partial charge is 0.362 e. The van der Waals surface area contributed by atoms with Gasteiger partial charge in [-0.2, -0.15) is 0 Å². The Morgan fingerprint density at radius 3 is 2.75 bits per heavy atom. The number of hydrogen-bond acceptors (Lipinski definition) is 3. The molecule has 2 aliphatic rings. The van der Waals surface area contributed by atoms with E-state index in [-0.39, 0.29) is 12.4 Å². The molecular formula is C15H18F2O3. The minimum Gasteiger partial charge on any atom is -0.362 e.